The maximum absolute atomic E-state index is 11.5. The minimum atomic E-state index is -1.21. The van der Waals surface area contributed by atoms with Crippen molar-refractivity contribution < 1.29 is 19.4 Å². The molecule has 0 aliphatic carbocycles. The Morgan fingerprint density at radius 3 is 2.86 bits per heavy atom. The van der Waals surface area contributed by atoms with Crippen LogP contribution in [0.1, 0.15) is 18.2 Å². The van der Waals surface area contributed by atoms with Crippen molar-refractivity contribution in [1.82, 2.24) is 9.97 Å². The van der Waals surface area contributed by atoms with Gasteiger partial charge in [0.15, 0.2) is 6.10 Å². The first-order chi connectivity index (χ1) is 10.7. The van der Waals surface area contributed by atoms with E-state index < -0.39 is 12.1 Å². The number of nitrogens with zero attached hydrogens (tertiary/aromatic N) is 2. The molecule has 0 spiro atoms. The number of ether oxygens (including phenoxy) is 2. The zero-order chi connectivity index (χ0) is 15.8. The fourth-order valence-corrected chi connectivity index (χ4v) is 1.90. The number of benzene rings is 1. The number of para-hydroxylation sites is 1. The van der Waals surface area contributed by atoms with E-state index in [2.05, 4.69) is 9.97 Å². The number of hydrogen-bond donors (Lipinski definition) is 1. The first-order valence-corrected chi connectivity index (χ1v) is 7.01. The van der Waals surface area contributed by atoms with Crippen molar-refractivity contribution in [3.8, 4) is 5.75 Å². The second kappa shape index (κ2) is 8.09. The van der Waals surface area contributed by atoms with E-state index >= 15 is 0 Å². The summed E-state index contributed by atoms with van der Waals surface area (Å²) < 4.78 is 10.5. The van der Waals surface area contributed by atoms with E-state index in [1.165, 1.54) is 0 Å². The second-order valence-corrected chi connectivity index (χ2v) is 4.57. The van der Waals surface area contributed by atoms with E-state index in [9.17, 15) is 9.90 Å². The van der Waals surface area contributed by atoms with Crippen LogP contribution in [0.3, 0.4) is 0 Å². The van der Waals surface area contributed by atoms with Gasteiger partial charge in [-0.05, 0) is 18.6 Å². The largest absolute Gasteiger partial charge is 0.487 e. The molecule has 0 saturated carbocycles. The van der Waals surface area contributed by atoms with Crippen LogP contribution in [-0.4, -0.2) is 33.8 Å². The SMILES string of the molecule is CCOC(=O)[C@H](O)Cc1ccccc1OCc1cnccn1. The Morgan fingerprint density at radius 2 is 2.14 bits per heavy atom. The maximum Gasteiger partial charge on any atom is 0.335 e. The molecule has 0 aliphatic rings. The van der Waals surface area contributed by atoms with Crippen molar-refractivity contribution in [3.63, 3.8) is 0 Å². The van der Waals surface area contributed by atoms with Crippen LogP contribution in [0.4, 0.5) is 0 Å². The van der Waals surface area contributed by atoms with E-state index in [-0.39, 0.29) is 19.6 Å². The van der Waals surface area contributed by atoms with Crippen LogP contribution in [0, 0.1) is 0 Å². The maximum atomic E-state index is 11.5. The van der Waals surface area contributed by atoms with Gasteiger partial charge in [0.25, 0.3) is 0 Å². The van der Waals surface area contributed by atoms with Gasteiger partial charge in [-0.2, -0.15) is 0 Å². The van der Waals surface area contributed by atoms with Crippen LogP contribution < -0.4 is 4.74 Å². The number of rotatable bonds is 7. The molecule has 1 N–H and O–H groups in total. The lowest BCUT2D eigenvalue weighted by atomic mass is 10.1. The predicted molar refractivity (Wildman–Crippen MR) is 79.1 cm³/mol. The Balaban J connectivity index is 2.02. The first kappa shape index (κ1) is 15.9. The molecule has 0 radical (unpaired) electrons. The fourth-order valence-electron chi connectivity index (χ4n) is 1.90. The van der Waals surface area contributed by atoms with Gasteiger partial charge in [0.2, 0.25) is 0 Å². The molecule has 0 saturated heterocycles. The smallest absolute Gasteiger partial charge is 0.335 e. The number of esters is 1. The highest BCUT2D eigenvalue weighted by molar-refractivity contribution is 5.74. The zero-order valence-corrected chi connectivity index (χ0v) is 12.3. The van der Waals surface area contributed by atoms with Crippen molar-refractivity contribution in [2.24, 2.45) is 0 Å². The summed E-state index contributed by atoms with van der Waals surface area (Å²) in [6, 6.07) is 7.23. The summed E-state index contributed by atoms with van der Waals surface area (Å²) >= 11 is 0. The van der Waals surface area contributed by atoms with Crippen LogP contribution in [0.25, 0.3) is 0 Å². The summed E-state index contributed by atoms with van der Waals surface area (Å²) in [7, 11) is 0. The highest BCUT2D eigenvalue weighted by Crippen LogP contribution is 2.21. The normalized spacial score (nSPS) is 11.7. The van der Waals surface area contributed by atoms with E-state index in [1.54, 1.807) is 37.6 Å². The van der Waals surface area contributed by atoms with Crippen molar-refractivity contribution >= 4 is 5.97 Å². The monoisotopic (exact) mass is 302 g/mol. The molecule has 2 rings (SSSR count). The van der Waals surface area contributed by atoms with Crippen LogP contribution in [0.5, 0.6) is 5.75 Å². The van der Waals surface area contributed by atoms with E-state index in [1.807, 2.05) is 12.1 Å². The minimum absolute atomic E-state index is 0.134. The third kappa shape index (κ3) is 4.53. The lowest BCUT2D eigenvalue weighted by Gasteiger charge is -2.14. The van der Waals surface area contributed by atoms with E-state index in [0.29, 0.717) is 11.4 Å². The fraction of sp³-hybridized carbons (Fsp3) is 0.312. The molecule has 22 heavy (non-hydrogen) atoms. The molecule has 0 bridgehead atoms. The molecule has 0 amide bonds. The highest BCUT2D eigenvalue weighted by Gasteiger charge is 2.18. The molecule has 1 aromatic heterocycles. The van der Waals surface area contributed by atoms with Gasteiger partial charge in [-0.15, -0.1) is 0 Å². The van der Waals surface area contributed by atoms with Crippen LogP contribution >= 0.6 is 0 Å². The Morgan fingerprint density at radius 1 is 1.32 bits per heavy atom. The van der Waals surface area contributed by atoms with Crippen molar-refractivity contribution in [2.75, 3.05) is 6.61 Å². The second-order valence-electron chi connectivity index (χ2n) is 4.57. The Hall–Kier alpha value is -2.47. The van der Waals surface area contributed by atoms with Crippen molar-refractivity contribution in [3.05, 3.63) is 54.1 Å². The van der Waals surface area contributed by atoms with Gasteiger partial charge in [-0.25, -0.2) is 4.79 Å². The van der Waals surface area contributed by atoms with Crippen LogP contribution in [-0.2, 0) is 22.6 Å². The number of aliphatic hydroxyl groups excluding tert-OH is 1. The summed E-state index contributed by atoms with van der Waals surface area (Å²) in [6.45, 7) is 2.20. The average Bonchev–Trinajstić information content (AvgIpc) is 2.55. The molecule has 0 fully saturated rings. The van der Waals surface area contributed by atoms with Gasteiger partial charge in [-0.1, -0.05) is 18.2 Å². The van der Waals surface area contributed by atoms with Crippen molar-refractivity contribution in [1.29, 1.82) is 0 Å². The zero-order valence-electron chi connectivity index (χ0n) is 12.3. The molecule has 6 heteroatoms. The number of aliphatic hydroxyl groups is 1. The Labute approximate surface area is 128 Å². The van der Waals surface area contributed by atoms with Crippen LogP contribution in [0.2, 0.25) is 0 Å². The molecule has 1 aromatic carbocycles. The third-order valence-corrected chi connectivity index (χ3v) is 2.94. The average molecular weight is 302 g/mol. The Bertz CT molecular complexity index is 604. The van der Waals surface area contributed by atoms with Crippen LogP contribution in [0.15, 0.2) is 42.9 Å². The molecular weight excluding hydrogens is 284 g/mol. The number of carbonyl (C=O) groups is 1. The summed E-state index contributed by atoms with van der Waals surface area (Å²) in [5.74, 6) is -0.0391. The summed E-state index contributed by atoms with van der Waals surface area (Å²) in [5, 5.41) is 9.86. The summed E-state index contributed by atoms with van der Waals surface area (Å²) in [5.41, 5.74) is 1.43. The van der Waals surface area contributed by atoms with Gasteiger partial charge in [0, 0.05) is 18.8 Å². The van der Waals surface area contributed by atoms with Gasteiger partial charge < -0.3 is 14.6 Å². The summed E-state index contributed by atoms with van der Waals surface area (Å²) in [4.78, 5) is 19.6. The highest BCUT2D eigenvalue weighted by atomic mass is 16.5. The number of hydrogen-bond acceptors (Lipinski definition) is 6. The molecule has 0 unspecified atom stereocenters. The molecule has 1 heterocycles. The topological polar surface area (TPSA) is 81.5 Å². The summed E-state index contributed by atoms with van der Waals surface area (Å²) in [6.07, 6.45) is 3.73. The van der Waals surface area contributed by atoms with Gasteiger partial charge in [0.05, 0.1) is 18.5 Å². The first-order valence-electron chi connectivity index (χ1n) is 7.01. The Kier molecular flexibility index (Phi) is 5.85. The molecule has 0 aliphatic heterocycles. The standard InChI is InChI=1S/C16H18N2O4/c1-2-21-16(20)14(19)9-12-5-3-4-6-15(12)22-11-13-10-17-7-8-18-13/h3-8,10,14,19H,2,9,11H2,1H3/t14-/m1/s1. The lowest BCUT2D eigenvalue weighted by molar-refractivity contribution is -0.152. The molecule has 2 aromatic rings. The quantitative estimate of drug-likeness (QED) is 0.781. The molecule has 1 atom stereocenters. The minimum Gasteiger partial charge on any atom is -0.487 e. The number of carbonyl (C=O) groups excluding carboxylic acids is 1. The number of aromatic nitrogens is 2. The lowest BCUT2D eigenvalue weighted by Crippen LogP contribution is -2.25. The predicted octanol–water partition coefficient (Wildman–Crippen LogP) is 1.52. The van der Waals surface area contributed by atoms with Crippen molar-refractivity contribution in [2.45, 2.75) is 26.1 Å². The van der Waals surface area contributed by atoms with Gasteiger partial charge in [0.1, 0.15) is 12.4 Å². The van der Waals surface area contributed by atoms with Gasteiger partial charge in [-0.3, -0.25) is 9.97 Å². The molecule has 116 valence electrons. The molecular formula is C16H18N2O4. The van der Waals surface area contributed by atoms with Gasteiger partial charge >= 0.3 is 5.97 Å². The third-order valence-electron chi connectivity index (χ3n) is 2.94. The molecule has 6 nitrogen and oxygen atoms in total. The van der Waals surface area contributed by atoms with E-state index in [4.69, 9.17) is 9.47 Å². The van der Waals surface area contributed by atoms with E-state index in [0.717, 1.165) is 5.56 Å².